The summed E-state index contributed by atoms with van der Waals surface area (Å²) < 4.78 is 0.947. The maximum atomic E-state index is 11.9. The second-order valence-corrected chi connectivity index (χ2v) is 4.85. The topological polar surface area (TPSA) is 55.1 Å². The molecule has 0 radical (unpaired) electrons. The molecule has 0 saturated carbocycles. The molecule has 0 fully saturated rings. The van der Waals surface area contributed by atoms with E-state index in [2.05, 4.69) is 21.2 Å². The van der Waals surface area contributed by atoms with Crippen molar-refractivity contribution in [3.8, 4) is 0 Å². The average molecular weight is 317 g/mol. The summed E-state index contributed by atoms with van der Waals surface area (Å²) in [5.74, 6) is -0.0606. The summed E-state index contributed by atoms with van der Waals surface area (Å²) in [5.41, 5.74) is 7.84. The van der Waals surface area contributed by atoms with Gasteiger partial charge in [0, 0.05) is 22.3 Å². The highest BCUT2D eigenvalue weighted by atomic mass is 79.9. The molecule has 96 valence electrons. The van der Waals surface area contributed by atoms with Gasteiger partial charge in [-0.15, -0.1) is 0 Å². The number of carbonyl (C=O) groups is 1. The van der Waals surface area contributed by atoms with Crippen LogP contribution in [0.25, 0.3) is 0 Å². The standard InChI is InChI=1S/C15H13BrN2O/c16-12-7-5-11(6-8-12)15(19)9-10-18-14-4-2-1-3-13(14)17/h1-10,18H,17H2. The highest BCUT2D eigenvalue weighted by Crippen LogP contribution is 2.16. The normalized spacial score (nSPS) is 10.6. The Morgan fingerprint density at radius 3 is 2.47 bits per heavy atom. The molecule has 0 unspecified atom stereocenters. The van der Waals surface area contributed by atoms with E-state index in [9.17, 15) is 4.79 Å². The molecule has 4 heteroatoms. The number of nitrogen functional groups attached to an aromatic ring is 1. The molecular weight excluding hydrogens is 304 g/mol. The third kappa shape index (κ3) is 3.69. The molecule has 0 bridgehead atoms. The lowest BCUT2D eigenvalue weighted by atomic mass is 10.1. The van der Waals surface area contributed by atoms with E-state index in [4.69, 9.17) is 5.73 Å². The van der Waals surface area contributed by atoms with Gasteiger partial charge < -0.3 is 11.1 Å². The number of nitrogens with one attached hydrogen (secondary N) is 1. The molecule has 2 aromatic rings. The number of nitrogens with two attached hydrogens (primary N) is 1. The minimum atomic E-state index is -0.0606. The Balaban J connectivity index is 2.01. The van der Waals surface area contributed by atoms with Crippen molar-refractivity contribution >= 4 is 33.1 Å². The predicted octanol–water partition coefficient (Wildman–Crippen LogP) is 3.84. The van der Waals surface area contributed by atoms with Crippen molar-refractivity contribution in [2.75, 3.05) is 11.1 Å². The zero-order valence-corrected chi connectivity index (χ0v) is 11.7. The van der Waals surface area contributed by atoms with Gasteiger partial charge in [-0.05, 0) is 36.4 Å². The van der Waals surface area contributed by atoms with Crippen LogP contribution in [-0.2, 0) is 0 Å². The van der Waals surface area contributed by atoms with E-state index >= 15 is 0 Å². The minimum Gasteiger partial charge on any atom is -0.397 e. The van der Waals surface area contributed by atoms with E-state index in [-0.39, 0.29) is 5.78 Å². The molecule has 0 aliphatic heterocycles. The van der Waals surface area contributed by atoms with Gasteiger partial charge in [-0.3, -0.25) is 4.79 Å². The van der Waals surface area contributed by atoms with Gasteiger partial charge >= 0.3 is 0 Å². The number of hydrogen-bond acceptors (Lipinski definition) is 3. The molecule has 0 aromatic heterocycles. The maximum Gasteiger partial charge on any atom is 0.187 e. The van der Waals surface area contributed by atoms with Gasteiger partial charge in [0.15, 0.2) is 5.78 Å². The zero-order chi connectivity index (χ0) is 13.7. The van der Waals surface area contributed by atoms with Gasteiger partial charge in [0.2, 0.25) is 0 Å². The summed E-state index contributed by atoms with van der Waals surface area (Å²) in [4.78, 5) is 11.9. The van der Waals surface area contributed by atoms with Crippen molar-refractivity contribution in [2.24, 2.45) is 0 Å². The van der Waals surface area contributed by atoms with E-state index in [0.717, 1.165) is 10.2 Å². The Hall–Kier alpha value is -2.07. The first kappa shape index (κ1) is 13.4. The largest absolute Gasteiger partial charge is 0.397 e. The van der Waals surface area contributed by atoms with Crippen molar-refractivity contribution < 1.29 is 4.79 Å². The average Bonchev–Trinajstić information content (AvgIpc) is 2.41. The quantitative estimate of drug-likeness (QED) is 0.512. The summed E-state index contributed by atoms with van der Waals surface area (Å²) in [5, 5.41) is 2.99. The van der Waals surface area contributed by atoms with Crippen molar-refractivity contribution in [3.05, 3.63) is 70.8 Å². The maximum absolute atomic E-state index is 11.9. The summed E-state index contributed by atoms with van der Waals surface area (Å²) in [6, 6.07) is 14.6. The van der Waals surface area contributed by atoms with Crippen molar-refractivity contribution in [3.63, 3.8) is 0 Å². The molecule has 0 spiro atoms. The molecule has 2 aromatic carbocycles. The van der Waals surface area contributed by atoms with Crippen molar-refractivity contribution in [1.29, 1.82) is 0 Å². The smallest absolute Gasteiger partial charge is 0.187 e. The van der Waals surface area contributed by atoms with E-state index in [0.29, 0.717) is 11.3 Å². The molecule has 0 amide bonds. The van der Waals surface area contributed by atoms with Crippen LogP contribution >= 0.6 is 15.9 Å². The summed E-state index contributed by atoms with van der Waals surface area (Å²) in [6.45, 7) is 0. The molecule has 3 nitrogen and oxygen atoms in total. The van der Waals surface area contributed by atoms with E-state index in [1.165, 1.54) is 6.08 Å². The Morgan fingerprint density at radius 2 is 1.79 bits per heavy atom. The lowest BCUT2D eigenvalue weighted by Gasteiger charge is -2.03. The first-order valence-electron chi connectivity index (χ1n) is 5.74. The fourth-order valence-electron chi connectivity index (χ4n) is 1.55. The fourth-order valence-corrected chi connectivity index (χ4v) is 1.81. The summed E-state index contributed by atoms with van der Waals surface area (Å²) in [6.07, 6.45) is 3.08. The number of rotatable bonds is 4. The third-order valence-electron chi connectivity index (χ3n) is 2.56. The van der Waals surface area contributed by atoms with Gasteiger partial charge in [-0.2, -0.15) is 0 Å². The molecular formula is C15H13BrN2O. The van der Waals surface area contributed by atoms with Crippen LogP contribution in [0.2, 0.25) is 0 Å². The van der Waals surface area contributed by atoms with E-state index in [1.54, 1.807) is 24.4 Å². The Kier molecular flexibility index (Phi) is 4.36. The van der Waals surface area contributed by atoms with Crippen LogP contribution in [0.15, 0.2) is 65.3 Å². The van der Waals surface area contributed by atoms with Gasteiger partial charge in [-0.1, -0.05) is 28.1 Å². The molecule has 2 rings (SSSR count). The number of hydrogen-bond donors (Lipinski definition) is 2. The second-order valence-electron chi connectivity index (χ2n) is 3.94. The summed E-state index contributed by atoms with van der Waals surface area (Å²) >= 11 is 3.33. The van der Waals surface area contributed by atoms with Crippen LogP contribution in [0, 0.1) is 0 Å². The molecule has 0 aliphatic rings. The lowest BCUT2D eigenvalue weighted by Crippen LogP contribution is -1.97. The second kappa shape index (κ2) is 6.20. The van der Waals surface area contributed by atoms with Gasteiger partial charge in [-0.25, -0.2) is 0 Å². The third-order valence-corrected chi connectivity index (χ3v) is 3.09. The first-order valence-corrected chi connectivity index (χ1v) is 6.53. The van der Waals surface area contributed by atoms with E-state index in [1.807, 2.05) is 30.3 Å². The number of ketones is 1. The molecule has 0 aliphatic carbocycles. The fraction of sp³-hybridized carbons (Fsp3) is 0. The number of carbonyl (C=O) groups excluding carboxylic acids is 1. The van der Waals surface area contributed by atoms with Gasteiger partial charge in [0.25, 0.3) is 0 Å². The van der Waals surface area contributed by atoms with E-state index < -0.39 is 0 Å². The zero-order valence-electron chi connectivity index (χ0n) is 10.1. The number of allylic oxidation sites excluding steroid dienone is 1. The van der Waals surface area contributed by atoms with Crippen LogP contribution in [0.4, 0.5) is 11.4 Å². The SMILES string of the molecule is Nc1ccccc1NC=CC(=O)c1ccc(Br)cc1. The summed E-state index contributed by atoms with van der Waals surface area (Å²) in [7, 11) is 0. The molecule has 0 heterocycles. The first-order chi connectivity index (χ1) is 9.16. The van der Waals surface area contributed by atoms with Crippen LogP contribution in [0.5, 0.6) is 0 Å². The number of benzene rings is 2. The van der Waals surface area contributed by atoms with Gasteiger partial charge in [0.05, 0.1) is 11.4 Å². The van der Waals surface area contributed by atoms with Crippen molar-refractivity contribution in [2.45, 2.75) is 0 Å². The predicted molar refractivity (Wildman–Crippen MR) is 82.1 cm³/mol. The Bertz CT molecular complexity index is 606. The highest BCUT2D eigenvalue weighted by molar-refractivity contribution is 9.10. The molecule has 19 heavy (non-hydrogen) atoms. The highest BCUT2D eigenvalue weighted by Gasteiger charge is 2.00. The minimum absolute atomic E-state index is 0.0606. The number of halogens is 1. The van der Waals surface area contributed by atoms with Crippen LogP contribution in [0.3, 0.4) is 0 Å². The Morgan fingerprint density at radius 1 is 1.11 bits per heavy atom. The van der Waals surface area contributed by atoms with Crippen LogP contribution < -0.4 is 11.1 Å². The van der Waals surface area contributed by atoms with Crippen LogP contribution in [-0.4, -0.2) is 5.78 Å². The monoisotopic (exact) mass is 316 g/mol. The van der Waals surface area contributed by atoms with Crippen LogP contribution in [0.1, 0.15) is 10.4 Å². The number of anilines is 2. The Labute approximate surface area is 120 Å². The molecule has 0 saturated heterocycles. The lowest BCUT2D eigenvalue weighted by molar-refractivity contribution is 0.104. The number of para-hydroxylation sites is 2. The van der Waals surface area contributed by atoms with Gasteiger partial charge in [0.1, 0.15) is 0 Å². The molecule has 3 N–H and O–H groups in total. The van der Waals surface area contributed by atoms with Crippen molar-refractivity contribution in [1.82, 2.24) is 0 Å². The molecule has 0 atom stereocenters.